The normalized spacial score (nSPS) is 38.6. The molecule has 0 saturated heterocycles. The van der Waals surface area contributed by atoms with Gasteiger partial charge in [-0.3, -0.25) is 4.79 Å². The van der Waals surface area contributed by atoms with Gasteiger partial charge in [-0.15, -0.1) is 0 Å². The summed E-state index contributed by atoms with van der Waals surface area (Å²) in [6.07, 6.45) is 19.0. The van der Waals surface area contributed by atoms with Crippen molar-refractivity contribution in [2.45, 2.75) is 39.5 Å². The van der Waals surface area contributed by atoms with Gasteiger partial charge in [0.25, 0.3) is 0 Å². The maximum atomic E-state index is 11.5. The smallest absolute Gasteiger partial charge is 0.332 e. The van der Waals surface area contributed by atoms with E-state index in [1.807, 2.05) is 6.92 Å². The van der Waals surface area contributed by atoms with Crippen LogP contribution in [0.25, 0.3) is 0 Å². The van der Waals surface area contributed by atoms with Crippen molar-refractivity contribution in [3.63, 3.8) is 0 Å². The molecule has 29 heavy (non-hydrogen) atoms. The van der Waals surface area contributed by atoms with E-state index in [1.54, 1.807) is 6.92 Å². The molecule has 0 aromatic heterocycles. The summed E-state index contributed by atoms with van der Waals surface area (Å²) in [6.45, 7) is 6.98. The Balaban J connectivity index is 0.000000129. The third-order valence-electron chi connectivity index (χ3n) is 7.32. The molecule has 0 aromatic carbocycles. The van der Waals surface area contributed by atoms with E-state index in [9.17, 15) is 9.59 Å². The molecule has 4 nitrogen and oxygen atoms in total. The van der Waals surface area contributed by atoms with Gasteiger partial charge in [-0.25, -0.2) is 4.79 Å². The second kappa shape index (κ2) is 8.73. The van der Waals surface area contributed by atoms with Crippen molar-refractivity contribution in [3.05, 3.63) is 48.6 Å². The molecule has 5 aliphatic carbocycles. The van der Waals surface area contributed by atoms with Gasteiger partial charge in [-0.2, -0.15) is 0 Å². The summed E-state index contributed by atoms with van der Waals surface area (Å²) in [5.41, 5.74) is 0.205. The van der Waals surface area contributed by atoms with Crippen molar-refractivity contribution in [2.75, 3.05) is 14.2 Å². The summed E-state index contributed by atoms with van der Waals surface area (Å²) >= 11 is 0. The topological polar surface area (TPSA) is 52.6 Å². The van der Waals surface area contributed by atoms with Crippen LogP contribution < -0.4 is 0 Å². The van der Waals surface area contributed by atoms with Gasteiger partial charge in [-0.1, -0.05) is 43.0 Å². The summed E-state index contributed by atoms with van der Waals surface area (Å²) in [5.74, 6) is 4.48. The Morgan fingerprint density at radius 3 is 2.21 bits per heavy atom. The lowest BCUT2D eigenvalue weighted by atomic mass is 9.78. The first-order chi connectivity index (χ1) is 13.8. The van der Waals surface area contributed by atoms with Crippen LogP contribution in [-0.4, -0.2) is 26.2 Å². The highest BCUT2D eigenvalue weighted by molar-refractivity contribution is 5.86. The first-order valence-electron chi connectivity index (χ1n) is 10.7. The van der Waals surface area contributed by atoms with E-state index in [-0.39, 0.29) is 17.4 Å². The SMILES string of the molecule is C1=CC2C3C=CC(C3)C2C1.C=C(C)C(=O)OC.COC(=O)C1(C)CC2C=CC1C2. The van der Waals surface area contributed by atoms with Crippen molar-refractivity contribution in [1.29, 1.82) is 0 Å². The van der Waals surface area contributed by atoms with Crippen molar-refractivity contribution >= 4 is 11.9 Å². The van der Waals surface area contributed by atoms with Crippen LogP contribution in [0.5, 0.6) is 0 Å². The molecule has 7 atom stereocenters. The van der Waals surface area contributed by atoms with E-state index < -0.39 is 0 Å². The second-order valence-electron chi connectivity index (χ2n) is 9.23. The van der Waals surface area contributed by atoms with E-state index in [4.69, 9.17) is 4.74 Å². The zero-order valence-corrected chi connectivity index (χ0v) is 18.1. The lowest BCUT2D eigenvalue weighted by Gasteiger charge is -2.27. The molecule has 0 aliphatic heterocycles. The van der Waals surface area contributed by atoms with Crippen LogP contribution in [-0.2, 0) is 19.1 Å². The number of fused-ring (bicyclic) bond motifs is 7. The van der Waals surface area contributed by atoms with E-state index in [0.29, 0.717) is 17.4 Å². The first-order valence-corrected chi connectivity index (χ1v) is 10.7. The highest BCUT2D eigenvalue weighted by atomic mass is 16.5. The number of hydrogen-bond donors (Lipinski definition) is 0. The number of ether oxygens (including phenoxy) is 2. The lowest BCUT2D eigenvalue weighted by molar-refractivity contribution is -0.153. The zero-order valence-electron chi connectivity index (χ0n) is 18.1. The second-order valence-corrected chi connectivity index (χ2v) is 9.23. The lowest BCUT2D eigenvalue weighted by Crippen LogP contribution is -2.32. The Bertz CT molecular complexity index is 746. The molecule has 7 unspecified atom stereocenters. The molecular weight excluding hydrogens is 364 g/mol. The zero-order chi connectivity index (χ0) is 21.2. The Kier molecular flexibility index (Phi) is 6.50. The van der Waals surface area contributed by atoms with Crippen molar-refractivity contribution in [2.24, 2.45) is 40.9 Å². The molecule has 0 amide bonds. The third kappa shape index (κ3) is 4.26. The molecule has 5 rings (SSSR count). The molecule has 0 aromatic rings. The van der Waals surface area contributed by atoms with E-state index >= 15 is 0 Å². The average Bonchev–Trinajstić information content (AvgIpc) is 3.51. The van der Waals surface area contributed by atoms with Crippen molar-refractivity contribution in [3.8, 4) is 0 Å². The Labute approximate surface area is 174 Å². The van der Waals surface area contributed by atoms with Gasteiger partial charge < -0.3 is 9.47 Å². The molecule has 4 heteroatoms. The molecule has 0 radical (unpaired) electrons. The average molecular weight is 399 g/mol. The standard InChI is InChI=1S/C10H14O2.C10H12.C5H8O2/c1-10(9(11)12-2)6-7-3-4-8(10)5-7;1-2-9-7-4-5-8(6-7)10(9)3-1;1-4(2)5(6)7-3/h3-4,7-8H,5-6H2,1-2H3;1-2,4-5,7-10H,3,6H2;1H2,2-3H3. The van der Waals surface area contributed by atoms with Gasteiger partial charge in [0.2, 0.25) is 0 Å². The largest absolute Gasteiger partial charge is 0.469 e. The summed E-state index contributed by atoms with van der Waals surface area (Å²) < 4.78 is 9.09. The van der Waals surface area contributed by atoms with Crippen LogP contribution in [0, 0.1) is 40.9 Å². The van der Waals surface area contributed by atoms with Gasteiger partial charge in [-0.05, 0) is 75.0 Å². The molecule has 0 spiro atoms. The van der Waals surface area contributed by atoms with Crippen LogP contribution in [0.1, 0.15) is 39.5 Å². The maximum absolute atomic E-state index is 11.5. The number of rotatable bonds is 2. The molecule has 2 saturated carbocycles. The number of carbonyl (C=O) groups excluding carboxylic acids is 2. The number of esters is 2. The van der Waals surface area contributed by atoms with Gasteiger partial charge >= 0.3 is 11.9 Å². The van der Waals surface area contributed by atoms with Crippen molar-refractivity contribution < 1.29 is 19.1 Å². The van der Waals surface area contributed by atoms with Crippen LogP contribution in [0.2, 0.25) is 0 Å². The summed E-state index contributed by atoms with van der Waals surface area (Å²) in [5, 5.41) is 0. The van der Waals surface area contributed by atoms with Crippen LogP contribution >= 0.6 is 0 Å². The monoisotopic (exact) mass is 398 g/mol. The minimum Gasteiger partial charge on any atom is -0.469 e. The van der Waals surface area contributed by atoms with Gasteiger partial charge in [0.05, 0.1) is 19.6 Å². The fourth-order valence-corrected chi connectivity index (χ4v) is 5.71. The number of carbonyl (C=O) groups is 2. The third-order valence-corrected chi connectivity index (χ3v) is 7.32. The van der Waals surface area contributed by atoms with Gasteiger partial charge in [0, 0.05) is 5.57 Å². The predicted molar refractivity (Wildman–Crippen MR) is 114 cm³/mol. The molecule has 0 heterocycles. The van der Waals surface area contributed by atoms with Crippen LogP contribution in [0.4, 0.5) is 0 Å². The van der Waals surface area contributed by atoms with Gasteiger partial charge in [0.15, 0.2) is 0 Å². The highest BCUT2D eigenvalue weighted by Gasteiger charge is 2.50. The highest BCUT2D eigenvalue weighted by Crippen LogP contribution is 2.53. The molecule has 2 fully saturated rings. The Morgan fingerprint density at radius 1 is 1.00 bits per heavy atom. The fraction of sp³-hybridized carbons (Fsp3) is 0.600. The minimum atomic E-state index is -0.347. The summed E-state index contributed by atoms with van der Waals surface area (Å²) in [7, 11) is 2.81. The first kappa shape index (κ1) is 21.6. The molecular formula is C25H34O4. The minimum absolute atomic E-state index is 0.0423. The van der Waals surface area contributed by atoms with Gasteiger partial charge in [0.1, 0.15) is 0 Å². The number of hydrogen-bond acceptors (Lipinski definition) is 4. The fourth-order valence-electron chi connectivity index (χ4n) is 5.71. The molecule has 4 bridgehead atoms. The Hall–Kier alpha value is -2.10. The van der Waals surface area contributed by atoms with E-state index in [1.165, 1.54) is 27.1 Å². The molecule has 0 N–H and O–H groups in total. The van der Waals surface area contributed by atoms with E-state index in [2.05, 4.69) is 47.8 Å². The Morgan fingerprint density at radius 2 is 1.72 bits per heavy atom. The number of methoxy groups -OCH3 is 2. The maximum Gasteiger partial charge on any atom is 0.332 e. The predicted octanol–water partition coefficient (Wildman–Crippen LogP) is 4.88. The summed E-state index contributed by atoms with van der Waals surface area (Å²) in [6, 6.07) is 0. The quantitative estimate of drug-likeness (QED) is 0.378. The molecule has 158 valence electrons. The van der Waals surface area contributed by atoms with Crippen LogP contribution in [0.3, 0.4) is 0 Å². The van der Waals surface area contributed by atoms with Crippen molar-refractivity contribution in [1.82, 2.24) is 0 Å². The van der Waals surface area contributed by atoms with Crippen LogP contribution in [0.15, 0.2) is 48.6 Å². The summed E-state index contributed by atoms with van der Waals surface area (Å²) in [4.78, 5) is 21.7. The molecule has 5 aliphatic rings. The number of allylic oxidation sites excluding steroid dienone is 6. The van der Waals surface area contributed by atoms with E-state index in [0.717, 1.165) is 36.5 Å².